The van der Waals surface area contributed by atoms with Gasteiger partial charge in [0.2, 0.25) is 5.91 Å². The van der Waals surface area contributed by atoms with Crippen molar-refractivity contribution in [3.05, 3.63) is 52.2 Å². The van der Waals surface area contributed by atoms with Crippen LogP contribution in [-0.2, 0) is 11.2 Å². The number of nitrogens with zero attached hydrogens (tertiary/aromatic N) is 2. The number of hydrogen-bond donors (Lipinski definition) is 1. The molecule has 0 aliphatic heterocycles. The number of anilines is 1. The number of furan rings is 1. The minimum Gasteiger partial charge on any atom is -0.459 e. The van der Waals surface area contributed by atoms with Crippen molar-refractivity contribution < 1.29 is 9.21 Å². The molecule has 1 amide bonds. The third-order valence-corrected chi connectivity index (χ3v) is 5.46. The number of rotatable bonds is 4. The first kappa shape index (κ1) is 16.0. The lowest BCUT2D eigenvalue weighted by molar-refractivity contribution is -0.115. The zero-order valence-corrected chi connectivity index (χ0v) is 15.3. The van der Waals surface area contributed by atoms with Crippen molar-refractivity contribution in [1.82, 2.24) is 9.97 Å². The van der Waals surface area contributed by atoms with Crippen LogP contribution >= 0.6 is 22.7 Å². The average molecular weight is 369 g/mol. The summed E-state index contributed by atoms with van der Waals surface area (Å²) in [6.45, 7) is 3.87. The molecule has 4 aromatic rings. The molecule has 0 atom stereocenters. The zero-order valence-electron chi connectivity index (χ0n) is 13.7. The van der Waals surface area contributed by atoms with E-state index in [9.17, 15) is 4.79 Å². The van der Waals surface area contributed by atoms with Gasteiger partial charge in [-0.3, -0.25) is 4.79 Å². The Hall–Kier alpha value is -2.51. The SMILES string of the molecule is Cc1ccc(-c2nc(CC(=O)Nc3ccc4nc(C)sc4c3)cs2)o1. The highest BCUT2D eigenvalue weighted by atomic mass is 32.1. The van der Waals surface area contributed by atoms with Crippen molar-refractivity contribution in [1.29, 1.82) is 0 Å². The van der Waals surface area contributed by atoms with Crippen molar-refractivity contribution in [2.45, 2.75) is 20.3 Å². The molecule has 3 heterocycles. The molecule has 0 saturated carbocycles. The summed E-state index contributed by atoms with van der Waals surface area (Å²) in [4.78, 5) is 21.2. The van der Waals surface area contributed by atoms with E-state index in [2.05, 4.69) is 15.3 Å². The predicted octanol–water partition coefficient (Wildman–Crippen LogP) is 4.81. The van der Waals surface area contributed by atoms with Gasteiger partial charge in [-0.2, -0.15) is 0 Å². The minimum absolute atomic E-state index is 0.0898. The van der Waals surface area contributed by atoms with Gasteiger partial charge >= 0.3 is 0 Å². The maximum absolute atomic E-state index is 12.3. The number of aryl methyl sites for hydroxylation is 2. The Morgan fingerprint density at radius 3 is 2.88 bits per heavy atom. The Morgan fingerprint density at radius 2 is 2.08 bits per heavy atom. The Morgan fingerprint density at radius 1 is 1.20 bits per heavy atom. The number of nitrogens with one attached hydrogen (secondary N) is 1. The van der Waals surface area contributed by atoms with Crippen molar-refractivity contribution in [3.8, 4) is 10.8 Å². The maximum atomic E-state index is 12.3. The monoisotopic (exact) mass is 369 g/mol. The van der Waals surface area contributed by atoms with Crippen LogP contribution in [0.3, 0.4) is 0 Å². The number of aromatic nitrogens is 2. The van der Waals surface area contributed by atoms with Gasteiger partial charge in [0, 0.05) is 11.1 Å². The van der Waals surface area contributed by atoms with Crippen molar-refractivity contribution >= 4 is 44.5 Å². The van der Waals surface area contributed by atoms with Crippen LogP contribution in [0.1, 0.15) is 16.5 Å². The van der Waals surface area contributed by atoms with Crippen molar-refractivity contribution in [2.24, 2.45) is 0 Å². The molecule has 1 N–H and O–H groups in total. The van der Waals surface area contributed by atoms with E-state index in [4.69, 9.17) is 4.42 Å². The highest BCUT2D eigenvalue weighted by molar-refractivity contribution is 7.18. The lowest BCUT2D eigenvalue weighted by atomic mass is 10.2. The van der Waals surface area contributed by atoms with E-state index in [0.29, 0.717) is 0 Å². The molecule has 0 radical (unpaired) electrons. The number of amides is 1. The maximum Gasteiger partial charge on any atom is 0.230 e. The predicted molar refractivity (Wildman–Crippen MR) is 101 cm³/mol. The first-order valence-corrected chi connectivity index (χ1v) is 9.45. The smallest absolute Gasteiger partial charge is 0.230 e. The molecule has 5 nitrogen and oxygen atoms in total. The van der Waals surface area contributed by atoms with E-state index < -0.39 is 0 Å². The third kappa shape index (κ3) is 3.47. The van der Waals surface area contributed by atoms with Crippen LogP contribution in [0.25, 0.3) is 21.0 Å². The lowest BCUT2D eigenvalue weighted by Gasteiger charge is -2.03. The van der Waals surface area contributed by atoms with Gasteiger partial charge in [0.05, 0.1) is 27.3 Å². The molecule has 0 aliphatic carbocycles. The quantitative estimate of drug-likeness (QED) is 0.560. The fraction of sp³-hybridized carbons (Fsp3) is 0.167. The number of benzene rings is 1. The molecule has 4 rings (SSSR count). The topological polar surface area (TPSA) is 68.0 Å². The van der Waals surface area contributed by atoms with Crippen LogP contribution < -0.4 is 5.32 Å². The van der Waals surface area contributed by atoms with Crippen LogP contribution in [0.2, 0.25) is 0 Å². The molecule has 0 saturated heterocycles. The zero-order chi connectivity index (χ0) is 17.4. The second-order valence-corrected chi connectivity index (χ2v) is 7.79. The first-order valence-electron chi connectivity index (χ1n) is 7.75. The number of hydrogen-bond acceptors (Lipinski definition) is 6. The number of thiazole rings is 2. The van der Waals surface area contributed by atoms with Gasteiger partial charge in [-0.15, -0.1) is 22.7 Å². The highest BCUT2D eigenvalue weighted by Gasteiger charge is 2.12. The van der Waals surface area contributed by atoms with Gasteiger partial charge in [-0.25, -0.2) is 9.97 Å². The standard InChI is InChI=1S/C18H15N3O2S2/c1-10-3-6-15(23-10)18-21-13(9-24-18)8-17(22)20-12-4-5-14-16(7-12)25-11(2)19-14/h3-7,9H,8H2,1-2H3,(H,20,22). The van der Waals surface area contributed by atoms with Gasteiger partial charge in [0.25, 0.3) is 0 Å². The second kappa shape index (κ2) is 6.42. The number of carbonyl (C=O) groups is 1. The van der Waals surface area contributed by atoms with Gasteiger partial charge < -0.3 is 9.73 Å². The molecule has 0 aliphatic rings. The Balaban J connectivity index is 1.45. The molecule has 0 fully saturated rings. The van der Waals surface area contributed by atoms with Crippen LogP contribution in [0.5, 0.6) is 0 Å². The van der Waals surface area contributed by atoms with Crippen LogP contribution in [0, 0.1) is 13.8 Å². The van der Waals surface area contributed by atoms with Crippen molar-refractivity contribution in [3.63, 3.8) is 0 Å². The van der Waals surface area contributed by atoms with E-state index in [0.717, 1.165) is 43.1 Å². The van der Waals surface area contributed by atoms with E-state index in [1.54, 1.807) is 11.3 Å². The third-order valence-electron chi connectivity index (χ3n) is 3.62. The summed E-state index contributed by atoms with van der Waals surface area (Å²) in [6, 6.07) is 9.55. The normalized spacial score (nSPS) is 11.1. The summed E-state index contributed by atoms with van der Waals surface area (Å²) in [5.74, 6) is 1.49. The summed E-state index contributed by atoms with van der Waals surface area (Å²) in [6.07, 6.45) is 0.232. The van der Waals surface area contributed by atoms with Crippen molar-refractivity contribution in [2.75, 3.05) is 5.32 Å². The summed E-state index contributed by atoms with van der Waals surface area (Å²) >= 11 is 3.09. The molecule has 1 aromatic carbocycles. The van der Waals surface area contributed by atoms with Gasteiger partial charge in [0.1, 0.15) is 5.76 Å². The lowest BCUT2D eigenvalue weighted by Crippen LogP contribution is -2.14. The summed E-state index contributed by atoms with van der Waals surface area (Å²) < 4.78 is 6.64. The molecule has 7 heteroatoms. The summed E-state index contributed by atoms with van der Waals surface area (Å²) in [5.41, 5.74) is 2.47. The fourth-order valence-electron chi connectivity index (χ4n) is 2.54. The van der Waals surface area contributed by atoms with Crippen LogP contribution in [-0.4, -0.2) is 15.9 Å². The molecule has 25 heavy (non-hydrogen) atoms. The first-order chi connectivity index (χ1) is 12.1. The van der Waals surface area contributed by atoms with Gasteiger partial charge in [0.15, 0.2) is 10.8 Å². The van der Waals surface area contributed by atoms with Gasteiger partial charge in [-0.05, 0) is 44.2 Å². The molecule has 3 aromatic heterocycles. The van der Waals surface area contributed by atoms with E-state index in [1.165, 1.54) is 11.3 Å². The Kier molecular flexibility index (Phi) is 4.10. The molecule has 0 spiro atoms. The van der Waals surface area contributed by atoms with E-state index in [1.807, 2.05) is 49.6 Å². The van der Waals surface area contributed by atoms with Crippen LogP contribution in [0.4, 0.5) is 5.69 Å². The largest absolute Gasteiger partial charge is 0.459 e. The number of fused-ring (bicyclic) bond motifs is 1. The molecular weight excluding hydrogens is 354 g/mol. The second-order valence-electron chi connectivity index (χ2n) is 5.69. The molecular formula is C18H15N3O2S2. The van der Waals surface area contributed by atoms with E-state index >= 15 is 0 Å². The van der Waals surface area contributed by atoms with E-state index in [-0.39, 0.29) is 12.3 Å². The van der Waals surface area contributed by atoms with Crippen LogP contribution in [0.15, 0.2) is 40.1 Å². The molecule has 126 valence electrons. The minimum atomic E-state index is -0.0898. The Bertz CT molecular complexity index is 1060. The Labute approximate surface area is 152 Å². The summed E-state index contributed by atoms with van der Waals surface area (Å²) in [7, 11) is 0. The highest BCUT2D eigenvalue weighted by Crippen LogP contribution is 2.27. The van der Waals surface area contributed by atoms with Gasteiger partial charge in [-0.1, -0.05) is 0 Å². The molecule has 0 unspecified atom stereocenters. The fourth-order valence-corrected chi connectivity index (χ4v) is 4.18. The average Bonchev–Trinajstić information content (AvgIpc) is 3.26. The summed E-state index contributed by atoms with van der Waals surface area (Å²) in [5, 5.41) is 6.62. The molecule has 0 bridgehead atoms. The number of carbonyl (C=O) groups excluding carboxylic acids is 1.